The molecule has 0 aliphatic heterocycles. The second kappa shape index (κ2) is 12.1. The number of nitrogens with zero attached hydrogens (tertiary/aromatic N) is 2. The number of ether oxygens (including phenoxy) is 1. The first kappa shape index (κ1) is 26.5. The Labute approximate surface area is 182 Å². The summed E-state index contributed by atoms with van der Waals surface area (Å²) in [7, 11) is -2.23. The molecule has 28 heavy (non-hydrogen) atoms. The van der Waals surface area contributed by atoms with E-state index >= 15 is 0 Å². The summed E-state index contributed by atoms with van der Waals surface area (Å²) in [5.41, 5.74) is -0.690. The highest BCUT2D eigenvalue weighted by atomic mass is 127. The molecule has 0 aliphatic rings. The number of non-ortho nitro benzene ring substituents is 1. The van der Waals surface area contributed by atoms with Gasteiger partial charge in [-0.2, -0.15) is 0 Å². The topological polar surface area (TPSA) is 135 Å². The minimum atomic E-state index is -3.84. The monoisotopic (exact) mass is 529 g/mol. The van der Waals surface area contributed by atoms with Crippen LogP contribution in [0.2, 0.25) is 0 Å². The van der Waals surface area contributed by atoms with E-state index in [1.54, 1.807) is 7.11 Å². The zero-order valence-electron chi connectivity index (χ0n) is 16.4. The van der Waals surface area contributed by atoms with Gasteiger partial charge in [0.2, 0.25) is 10.0 Å². The van der Waals surface area contributed by atoms with Crippen LogP contribution in [0.25, 0.3) is 0 Å². The fourth-order valence-electron chi connectivity index (χ4n) is 1.89. The molecular weight excluding hydrogens is 501 g/mol. The number of nitro benzene ring substituents is 1. The van der Waals surface area contributed by atoms with Gasteiger partial charge in [-0.25, -0.2) is 13.1 Å². The van der Waals surface area contributed by atoms with E-state index in [-0.39, 0.29) is 47.6 Å². The van der Waals surface area contributed by atoms with Gasteiger partial charge in [-0.05, 0) is 26.8 Å². The Morgan fingerprint density at radius 3 is 2.54 bits per heavy atom. The van der Waals surface area contributed by atoms with Crippen molar-refractivity contribution in [2.75, 3.05) is 33.3 Å². The van der Waals surface area contributed by atoms with Crippen molar-refractivity contribution in [3.05, 3.63) is 34.4 Å². The predicted molar refractivity (Wildman–Crippen MR) is 119 cm³/mol. The Hall–Kier alpha value is -1.51. The summed E-state index contributed by atoms with van der Waals surface area (Å²) < 4.78 is 32.2. The number of halogens is 1. The van der Waals surface area contributed by atoms with E-state index in [2.05, 4.69) is 20.3 Å². The molecule has 1 rings (SSSR count). The normalized spacial score (nSPS) is 12.2. The molecule has 0 spiro atoms. The van der Waals surface area contributed by atoms with Gasteiger partial charge in [-0.1, -0.05) is 6.07 Å². The quantitative estimate of drug-likeness (QED) is 0.104. The lowest BCUT2D eigenvalue weighted by Crippen LogP contribution is -2.42. The van der Waals surface area contributed by atoms with Gasteiger partial charge in [-0.3, -0.25) is 15.1 Å². The largest absolute Gasteiger partial charge is 0.377 e. The molecule has 0 fully saturated rings. The van der Waals surface area contributed by atoms with Crippen LogP contribution in [0.5, 0.6) is 0 Å². The molecular formula is C16H28IN5O5S. The average Bonchev–Trinajstić information content (AvgIpc) is 2.63. The Morgan fingerprint density at radius 2 is 1.96 bits per heavy atom. The third-order valence-corrected chi connectivity index (χ3v) is 5.02. The first-order chi connectivity index (χ1) is 12.6. The van der Waals surface area contributed by atoms with Crippen LogP contribution in [-0.4, -0.2) is 58.2 Å². The maximum Gasteiger partial charge on any atom is 0.270 e. The number of rotatable bonds is 10. The molecule has 10 nitrogen and oxygen atoms in total. The van der Waals surface area contributed by atoms with Crippen molar-refractivity contribution in [1.29, 1.82) is 0 Å². The molecule has 3 N–H and O–H groups in total. The lowest BCUT2D eigenvalue weighted by molar-refractivity contribution is -0.385. The molecule has 0 amide bonds. The zero-order valence-corrected chi connectivity index (χ0v) is 19.5. The summed E-state index contributed by atoms with van der Waals surface area (Å²) in [6, 6.07) is 4.90. The van der Waals surface area contributed by atoms with Crippen LogP contribution in [0.1, 0.15) is 20.8 Å². The number of hydrogen-bond acceptors (Lipinski definition) is 6. The number of methoxy groups -OCH3 is 1. The number of benzene rings is 1. The molecule has 0 saturated carbocycles. The van der Waals surface area contributed by atoms with E-state index in [9.17, 15) is 18.5 Å². The summed E-state index contributed by atoms with van der Waals surface area (Å²) in [5, 5.41) is 16.9. The number of guanidine groups is 1. The molecule has 0 atom stereocenters. The molecule has 0 aliphatic carbocycles. The highest BCUT2D eigenvalue weighted by Gasteiger charge is 2.18. The minimum absolute atomic E-state index is 0. The number of sulfonamides is 1. The van der Waals surface area contributed by atoms with E-state index in [4.69, 9.17) is 4.74 Å². The Kier molecular flexibility index (Phi) is 11.5. The predicted octanol–water partition coefficient (Wildman–Crippen LogP) is 1.47. The van der Waals surface area contributed by atoms with Crippen molar-refractivity contribution >= 4 is 45.6 Å². The molecule has 0 radical (unpaired) electrons. The van der Waals surface area contributed by atoms with Crippen LogP contribution >= 0.6 is 24.0 Å². The average molecular weight is 529 g/mol. The van der Waals surface area contributed by atoms with Gasteiger partial charge in [-0.15, -0.1) is 24.0 Å². The standard InChI is InChI=1S/C16H27N5O5S.HI/c1-5-17-15(19-12-16(2,3)26-4)18-9-10-20-27(24,25)14-8-6-7-13(11-14)21(22)23;/h6-8,11,20H,5,9-10,12H2,1-4H3,(H2,17,18,19);1H. The maximum absolute atomic E-state index is 12.2. The molecule has 0 bridgehead atoms. The number of nitrogens with one attached hydrogen (secondary N) is 3. The SMILES string of the molecule is CCNC(=NCC(C)(C)OC)NCCNS(=O)(=O)c1cccc([N+](=O)[O-])c1.I. The van der Waals surface area contributed by atoms with Gasteiger partial charge in [0.05, 0.1) is 22.0 Å². The zero-order chi connectivity index (χ0) is 20.5. The van der Waals surface area contributed by atoms with Gasteiger partial charge in [0.25, 0.3) is 5.69 Å². The van der Waals surface area contributed by atoms with Crippen molar-refractivity contribution in [3.8, 4) is 0 Å². The van der Waals surface area contributed by atoms with Crippen molar-refractivity contribution < 1.29 is 18.1 Å². The lowest BCUT2D eigenvalue weighted by atomic mass is 10.1. The smallest absolute Gasteiger partial charge is 0.270 e. The molecule has 12 heteroatoms. The summed E-state index contributed by atoms with van der Waals surface area (Å²) in [4.78, 5) is 14.4. The van der Waals surface area contributed by atoms with Gasteiger partial charge in [0.15, 0.2) is 5.96 Å². The molecule has 160 valence electrons. The first-order valence-electron chi connectivity index (χ1n) is 8.43. The van der Waals surface area contributed by atoms with Crippen LogP contribution in [0, 0.1) is 10.1 Å². The molecule has 1 aromatic rings. The van der Waals surface area contributed by atoms with Crippen molar-refractivity contribution in [3.63, 3.8) is 0 Å². The number of nitro groups is 1. The van der Waals surface area contributed by atoms with E-state index in [1.165, 1.54) is 18.2 Å². The molecule has 0 heterocycles. The van der Waals surface area contributed by atoms with Gasteiger partial charge in [0.1, 0.15) is 0 Å². The van der Waals surface area contributed by atoms with E-state index in [0.29, 0.717) is 19.0 Å². The minimum Gasteiger partial charge on any atom is -0.377 e. The van der Waals surface area contributed by atoms with Gasteiger partial charge >= 0.3 is 0 Å². The second-order valence-corrected chi connectivity index (χ2v) is 8.00. The summed E-state index contributed by atoms with van der Waals surface area (Å²) in [5.74, 6) is 0.539. The summed E-state index contributed by atoms with van der Waals surface area (Å²) in [6.07, 6.45) is 0. The molecule has 1 aromatic carbocycles. The highest BCUT2D eigenvalue weighted by Crippen LogP contribution is 2.16. The van der Waals surface area contributed by atoms with Crippen LogP contribution in [0.3, 0.4) is 0 Å². The Bertz CT molecular complexity index is 770. The Morgan fingerprint density at radius 1 is 1.29 bits per heavy atom. The van der Waals surface area contributed by atoms with Gasteiger partial charge in [0, 0.05) is 38.9 Å². The summed E-state index contributed by atoms with van der Waals surface area (Å²) in [6.45, 7) is 7.19. The third-order valence-electron chi connectivity index (χ3n) is 3.56. The fourth-order valence-corrected chi connectivity index (χ4v) is 2.96. The van der Waals surface area contributed by atoms with Crippen molar-refractivity contribution in [1.82, 2.24) is 15.4 Å². The molecule has 0 saturated heterocycles. The van der Waals surface area contributed by atoms with Crippen LogP contribution in [-0.2, 0) is 14.8 Å². The first-order valence-corrected chi connectivity index (χ1v) is 9.91. The lowest BCUT2D eigenvalue weighted by Gasteiger charge is -2.21. The fraction of sp³-hybridized carbons (Fsp3) is 0.562. The van der Waals surface area contributed by atoms with Crippen LogP contribution in [0.15, 0.2) is 34.2 Å². The second-order valence-electron chi connectivity index (χ2n) is 6.24. The number of aliphatic imine (C=N–C) groups is 1. The molecule has 0 aromatic heterocycles. The van der Waals surface area contributed by atoms with Crippen molar-refractivity contribution in [2.24, 2.45) is 4.99 Å². The molecule has 0 unspecified atom stereocenters. The third kappa shape index (κ3) is 9.12. The highest BCUT2D eigenvalue weighted by molar-refractivity contribution is 14.0. The van der Waals surface area contributed by atoms with E-state index < -0.39 is 20.5 Å². The van der Waals surface area contributed by atoms with Crippen molar-refractivity contribution in [2.45, 2.75) is 31.3 Å². The summed E-state index contributed by atoms with van der Waals surface area (Å²) >= 11 is 0. The maximum atomic E-state index is 12.2. The number of hydrogen-bond donors (Lipinski definition) is 3. The Balaban J connectivity index is 0.00000729. The van der Waals surface area contributed by atoms with Gasteiger partial charge < -0.3 is 15.4 Å². The van der Waals surface area contributed by atoms with E-state index in [1.807, 2.05) is 20.8 Å². The van der Waals surface area contributed by atoms with E-state index in [0.717, 1.165) is 6.07 Å². The van der Waals surface area contributed by atoms with Crippen LogP contribution < -0.4 is 15.4 Å². The van der Waals surface area contributed by atoms with Crippen LogP contribution in [0.4, 0.5) is 5.69 Å².